The van der Waals surface area contributed by atoms with Crippen LogP contribution < -0.4 is 14.2 Å². The molecule has 1 aromatic heterocycles. The Hall–Kier alpha value is -3.01. The van der Waals surface area contributed by atoms with E-state index >= 15 is 0 Å². The summed E-state index contributed by atoms with van der Waals surface area (Å²) in [6, 6.07) is 14.2. The standard InChI is InChI=1S/C25H20BrClN2O5S/c1-32-21-13-17(12-20(26)23(21)34-15-16-6-8-28-9-7-16)14-22-24(30)29(25(31)35-22)10-11-33-19-4-2-18(27)3-5-19/h2-9,12-14H,10-11,15H2,1H3/b22-14-. The molecular formula is C25H20BrClN2O5S. The number of ether oxygens (including phenoxy) is 3. The predicted molar refractivity (Wildman–Crippen MR) is 139 cm³/mol. The summed E-state index contributed by atoms with van der Waals surface area (Å²) in [7, 11) is 1.54. The van der Waals surface area contributed by atoms with Gasteiger partial charge in [0.25, 0.3) is 11.1 Å². The third-order valence-electron chi connectivity index (χ3n) is 4.95. The van der Waals surface area contributed by atoms with Gasteiger partial charge in [-0.15, -0.1) is 0 Å². The monoisotopic (exact) mass is 574 g/mol. The molecule has 0 N–H and O–H groups in total. The first-order valence-electron chi connectivity index (χ1n) is 10.5. The molecule has 2 amide bonds. The Balaban J connectivity index is 1.43. The van der Waals surface area contributed by atoms with Crippen molar-refractivity contribution in [1.29, 1.82) is 0 Å². The van der Waals surface area contributed by atoms with Gasteiger partial charge in [0.2, 0.25) is 0 Å². The van der Waals surface area contributed by atoms with Crippen molar-refractivity contribution >= 4 is 56.5 Å². The van der Waals surface area contributed by atoms with Gasteiger partial charge in [-0.3, -0.25) is 19.5 Å². The maximum absolute atomic E-state index is 12.8. The second-order valence-corrected chi connectivity index (χ2v) is 9.60. The highest BCUT2D eigenvalue weighted by atomic mass is 79.9. The molecule has 2 heterocycles. The Bertz CT molecular complexity index is 1250. The van der Waals surface area contributed by atoms with E-state index in [9.17, 15) is 9.59 Å². The molecule has 1 saturated heterocycles. The fraction of sp³-hybridized carbons (Fsp3) is 0.160. The van der Waals surface area contributed by atoms with Gasteiger partial charge in [0.15, 0.2) is 11.5 Å². The van der Waals surface area contributed by atoms with Gasteiger partial charge in [-0.2, -0.15) is 0 Å². The first kappa shape index (κ1) is 25.1. The molecule has 0 unspecified atom stereocenters. The Kier molecular flexibility index (Phi) is 8.33. The van der Waals surface area contributed by atoms with Crippen LogP contribution in [0.4, 0.5) is 4.79 Å². The van der Waals surface area contributed by atoms with E-state index in [0.29, 0.717) is 43.8 Å². The van der Waals surface area contributed by atoms with Gasteiger partial charge in [-0.05, 0) is 93.4 Å². The largest absolute Gasteiger partial charge is 0.493 e. The Morgan fingerprint density at radius 1 is 1.09 bits per heavy atom. The molecule has 1 aliphatic rings. The second kappa shape index (κ2) is 11.6. The number of aromatic nitrogens is 1. The number of hydrogen-bond donors (Lipinski definition) is 0. The molecule has 0 bridgehead atoms. The number of methoxy groups -OCH3 is 1. The fourth-order valence-electron chi connectivity index (χ4n) is 3.23. The zero-order chi connectivity index (χ0) is 24.8. The molecule has 0 aliphatic carbocycles. The number of thioether (sulfide) groups is 1. The van der Waals surface area contributed by atoms with Crippen LogP contribution in [0.5, 0.6) is 17.2 Å². The summed E-state index contributed by atoms with van der Waals surface area (Å²) >= 11 is 10.3. The van der Waals surface area contributed by atoms with E-state index in [1.54, 1.807) is 55.9 Å². The van der Waals surface area contributed by atoms with Gasteiger partial charge in [0.05, 0.1) is 23.0 Å². The normalized spacial score (nSPS) is 14.5. The summed E-state index contributed by atoms with van der Waals surface area (Å²) in [6.45, 7) is 0.656. The highest BCUT2D eigenvalue weighted by Gasteiger charge is 2.35. The predicted octanol–water partition coefficient (Wildman–Crippen LogP) is 6.20. The molecule has 10 heteroatoms. The zero-order valence-corrected chi connectivity index (χ0v) is 21.7. The third kappa shape index (κ3) is 6.36. The van der Waals surface area contributed by atoms with Crippen LogP contribution in [0.2, 0.25) is 5.02 Å². The number of hydrogen-bond acceptors (Lipinski definition) is 7. The van der Waals surface area contributed by atoms with Crippen LogP contribution in [0.3, 0.4) is 0 Å². The van der Waals surface area contributed by atoms with E-state index in [0.717, 1.165) is 17.3 Å². The maximum atomic E-state index is 12.8. The molecule has 35 heavy (non-hydrogen) atoms. The average Bonchev–Trinajstić information content (AvgIpc) is 3.12. The highest BCUT2D eigenvalue weighted by molar-refractivity contribution is 9.10. The van der Waals surface area contributed by atoms with Gasteiger partial charge in [0.1, 0.15) is 19.0 Å². The van der Waals surface area contributed by atoms with Gasteiger partial charge in [-0.25, -0.2) is 0 Å². The average molecular weight is 576 g/mol. The highest BCUT2D eigenvalue weighted by Crippen LogP contribution is 2.39. The summed E-state index contributed by atoms with van der Waals surface area (Å²) < 4.78 is 17.7. The second-order valence-electron chi connectivity index (χ2n) is 7.31. The summed E-state index contributed by atoms with van der Waals surface area (Å²) in [4.78, 5) is 30.8. The lowest BCUT2D eigenvalue weighted by atomic mass is 10.1. The number of benzene rings is 2. The Morgan fingerprint density at radius 2 is 1.83 bits per heavy atom. The summed E-state index contributed by atoms with van der Waals surface area (Å²) in [5.41, 5.74) is 1.65. The van der Waals surface area contributed by atoms with Crippen LogP contribution in [0.1, 0.15) is 11.1 Å². The minimum atomic E-state index is -0.368. The van der Waals surface area contributed by atoms with E-state index in [-0.39, 0.29) is 24.3 Å². The van der Waals surface area contributed by atoms with Crippen molar-refractivity contribution in [3.05, 3.63) is 86.5 Å². The molecule has 4 rings (SSSR count). The van der Waals surface area contributed by atoms with Crippen molar-refractivity contribution in [2.75, 3.05) is 20.3 Å². The molecule has 3 aromatic rings. The maximum Gasteiger partial charge on any atom is 0.293 e. The quantitative estimate of drug-likeness (QED) is 0.281. The van der Waals surface area contributed by atoms with Gasteiger partial charge in [0, 0.05) is 17.4 Å². The van der Waals surface area contributed by atoms with Crippen LogP contribution in [0.15, 0.2) is 70.3 Å². The molecular weight excluding hydrogens is 556 g/mol. The number of amides is 2. The number of pyridine rings is 1. The van der Waals surface area contributed by atoms with Crippen molar-refractivity contribution < 1.29 is 23.8 Å². The molecule has 0 radical (unpaired) electrons. The molecule has 0 saturated carbocycles. The van der Waals surface area contributed by atoms with Gasteiger partial charge < -0.3 is 14.2 Å². The Labute approximate surface area is 220 Å². The van der Waals surface area contributed by atoms with E-state index in [1.807, 2.05) is 18.2 Å². The van der Waals surface area contributed by atoms with Crippen LogP contribution in [0, 0.1) is 0 Å². The van der Waals surface area contributed by atoms with Crippen LogP contribution in [0.25, 0.3) is 6.08 Å². The minimum Gasteiger partial charge on any atom is -0.493 e. The smallest absolute Gasteiger partial charge is 0.293 e. The topological polar surface area (TPSA) is 78.0 Å². The summed E-state index contributed by atoms with van der Waals surface area (Å²) in [5.74, 6) is 1.28. The van der Waals surface area contributed by atoms with Crippen molar-refractivity contribution in [2.24, 2.45) is 0 Å². The van der Waals surface area contributed by atoms with Crippen molar-refractivity contribution in [3.63, 3.8) is 0 Å². The van der Waals surface area contributed by atoms with Crippen molar-refractivity contribution in [1.82, 2.24) is 9.88 Å². The van der Waals surface area contributed by atoms with Crippen LogP contribution >= 0.6 is 39.3 Å². The lowest BCUT2D eigenvalue weighted by Crippen LogP contribution is -2.32. The molecule has 1 fully saturated rings. The minimum absolute atomic E-state index is 0.138. The first-order chi connectivity index (χ1) is 16.9. The number of nitrogens with zero attached hydrogens (tertiary/aromatic N) is 2. The first-order valence-corrected chi connectivity index (χ1v) is 12.5. The fourth-order valence-corrected chi connectivity index (χ4v) is 4.79. The summed E-state index contributed by atoms with van der Waals surface area (Å²) in [6.07, 6.45) is 5.06. The molecule has 2 aromatic carbocycles. The van der Waals surface area contributed by atoms with Crippen molar-refractivity contribution in [2.45, 2.75) is 6.61 Å². The molecule has 1 aliphatic heterocycles. The number of imide groups is 1. The summed E-state index contributed by atoms with van der Waals surface area (Å²) in [5, 5.41) is 0.259. The van der Waals surface area contributed by atoms with Crippen LogP contribution in [-0.2, 0) is 11.4 Å². The van der Waals surface area contributed by atoms with E-state index in [1.165, 1.54) is 4.90 Å². The van der Waals surface area contributed by atoms with Crippen LogP contribution in [-0.4, -0.2) is 41.3 Å². The molecule has 0 atom stereocenters. The van der Waals surface area contributed by atoms with Crippen molar-refractivity contribution in [3.8, 4) is 17.2 Å². The van der Waals surface area contributed by atoms with Gasteiger partial charge in [-0.1, -0.05) is 11.6 Å². The molecule has 7 nitrogen and oxygen atoms in total. The Morgan fingerprint density at radius 3 is 2.54 bits per heavy atom. The zero-order valence-electron chi connectivity index (χ0n) is 18.6. The lowest BCUT2D eigenvalue weighted by molar-refractivity contribution is -0.123. The van der Waals surface area contributed by atoms with E-state index in [4.69, 9.17) is 25.8 Å². The third-order valence-corrected chi connectivity index (χ3v) is 6.70. The number of halogens is 2. The van der Waals surface area contributed by atoms with E-state index in [2.05, 4.69) is 20.9 Å². The van der Waals surface area contributed by atoms with Gasteiger partial charge >= 0.3 is 0 Å². The SMILES string of the molecule is COc1cc(/C=C2\SC(=O)N(CCOc3ccc(Cl)cc3)C2=O)cc(Br)c1OCc1ccncc1. The number of rotatable bonds is 9. The lowest BCUT2D eigenvalue weighted by Gasteiger charge is -2.14. The number of carbonyl (C=O) groups is 2. The van der Waals surface area contributed by atoms with E-state index < -0.39 is 0 Å². The molecule has 180 valence electrons. The molecule has 0 spiro atoms. The number of carbonyl (C=O) groups excluding carboxylic acids is 2.